The molecule has 4 nitrogen and oxygen atoms in total. The minimum atomic E-state index is -4.36. The molecule has 0 amide bonds. The van der Waals surface area contributed by atoms with Crippen LogP contribution in [-0.2, 0) is 12.6 Å². The number of anilines is 4. The zero-order chi connectivity index (χ0) is 19.9. The number of aromatic nitrogens is 2. The summed E-state index contributed by atoms with van der Waals surface area (Å²) < 4.78 is 38.2. The van der Waals surface area contributed by atoms with E-state index in [0.717, 1.165) is 35.8 Å². The van der Waals surface area contributed by atoms with Gasteiger partial charge in [-0.25, -0.2) is 4.98 Å². The maximum absolute atomic E-state index is 12.7. The third kappa shape index (κ3) is 3.52. The van der Waals surface area contributed by atoms with Crippen LogP contribution in [0.3, 0.4) is 0 Å². The summed E-state index contributed by atoms with van der Waals surface area (Å²) in [7, 11) is 0. The lowest BCUT2D eigenvalue weighted by atomic mass is 10.1. The molecule has 1 aliphatic rings. The number of halogens is 3. The molecule has 0 bridgehead atoms. The molecule has 1 aliphatic heterocycles. The first-order valence-electron chi connectivity index (χ1n) is 8.98. The summed E-state index contributed by atoms with van der Waals surface area (Å²) in [6.07, 6.45) is -3.42. The second kappa shape index (κ2) is 6.82. The van der Waals surface area contributed by atoms with Gasteiger partial charge in [0, 0.05) is 29.2 Å². The summed E-state index contributed by atoms with van der Waals surface area (Å²) in [5.74, 6) is 1.12. The highest BCUT2D eigenvalue weighted by Gasteiger charge is 2.30. The molecular weight excluding hydrogens is 365 g/mol. The maximum atomic E-state index is 12.7. The van der Waals surface area contributed by atoms with Crippen LogP contribution in [-0.4, -0.2) is 16.0 Å². The Morgan fingerprint density at radius 2 is 1.75 bits per heavy atom. The van der Waals surface area contributed by atoms with Crippen molar-refractivity contribution in [1.29, 1.82) is 0 Å². The Labute approximate surface area is 161 Å². The van der Waals surface area contributed by atoms with Crippen LogP contribution in [0.1, 0.15) is 23.7 Å². The fraction of sp³-hybridized carbons (Fsp3) is 0.238. The van der Waals surface area contributed by atoms with Gasteiger partial charge in [0.2, 0.25) is 5.95 Å². The minimum absolute atomic E-state index is 0.255. The van der Waals surface area contributed by atoms with Crippen LogP contribution < -0.4 is 10.2 Å². The number of alkyl halides is 3. The predicted molar refractivity (Wildman–Crippen MR) is 103 cm³/mol. The molecule has 144 valence electrons. The molecule has 0 aliphatic carbocycles. The Kier molecular flexibility index (Phi) is 4.45. The number of para-hydroxylation sites is 1. The Balaban J connectivity index is 1.63. The summed E-state index contributed by atoms with van der Waals surface area (Å²) in [5.41, 5.74) is 2.97. The van der Waals surface area contributed by atoms with Crippen molar-refractivity contribution in [2.24, 2.45) is 0 Å². The second-order valence-electron chi connectivity index (χ2n) is 6.94. The zero-order valence-corrected chi connectivity index (χ0v) is 15.5. The van der Waals surface area contributed by atoms with Crippen molar-refractivity contribution in [1.82, 2.24) is 9.97 Å². The smallest absolute Gasteiger partial charge is 0.324 e. The van der Waals surface area contributed by atoms with Crippen LogP contribution in [0.25, 0.3) is 0 Å². The summed E-state index contributed by atoms with van der Waals surface area (Å²) in [6.45, 7) is 4.01. The number of nitrogens with one attached hydrogen (secondary N) is 1. The average Bonchev–Trinajstić information content (AvgIpc) is 2.96. The molecule has 1 atom stereocenters. The number of nitrogens with zero attached hydrogens (tertiary/aromatic N) is 3. The van der Waals surface area contributed by atoms with Crippen molar-refractivity contribution in [2.75, 3.05) is 10.2 Å². The van der Waals surface area contributed by atoms with Gasteiger partial charge in [-0.1, -0.05) is 18.2 Å². The molecule has 2 heterocycles. The van der Waals surface area contributed by atoms with Crippen LogP contribution in [0.5, 0.6) is 0 Å². The van der Waals surface area contributed by atoms with Gasteiger partial charge in [-0.15, -0.1) is 0 Å². The number of aryl methyl sites for hydroxylation is 1. The Hall–Kier alpha value is -3.09. The molecule has 3 aromatic rings. The SMILES string of the molecule is Cc1cc(N2c3ccccc3CC2C)nc(Nc2ccc(C(F)(F)F)cc2)n1. The summed E-state index contributed by atoms with van der Waals surface area (Å²) in [6, 6.07) is 15.2. The number of hydrogen-bond donors (Lipinski definition) is 1. The van der Waals surface area contributed by atoms with Crippen LogP contribution in [0, 0.1) is 6.92 Å². The van der Waals surface area contributed by atoms with E-state index < -0.39 is 11.7 Å². The number of rotatable bonds is 3. The number of benzene rings is 2. The normalized spacial score (nSPS) is 16.2. The van der Waals surface area contributed by atoms with Gasteiger partial charge < -0.3 is 10.2 Å². The van der Waals surface area contributed by atoms with E-state index in [2.05, 4.69) is 39.2 Å². The maximum Gasteiger partial charge on any atom is 0.416 e. The van der Waals surface area contributed by atoms with Crippen LogP contribution >= 0.6 is 0 Å². The molecular formula is C21H19F3N4. The lowest BCUT2D eigenvalue weighted by molar-refractivity contribution is -0.137. The fourth-order valence-corrected chi connectivity index (χ4v) is 3.52. The predicted octanol–water partition coefficient (Wildman–Crippen LogP) is 5.63. The third-order valence-corrected chi connectivity index (χ3v) is 4.76. The lowest BCUT2D eigenvalue weighted by Gasteiger charge is -2.24. The van der Waals surface area contributed by atoms with Gasteiger partial charge in [0.1, 0.15) is 5.82 Å². The van der Waals surface area contributed by atoms with E-state index in [0.29, 0.717) is 11.6 Å². The van der Waals surface area contributed by atoms with Crippen molar-refractivity contribution >= 4 is 23.1 Å². The van der Waals surface area contributed by atoms with Crippen LogP contribution in [0.4, 0.5) is 36.3 Å². The summed E-state index contributed by atoms with van der Waals surface area (Å²) in [5, 5.41) is 3.01. The molecule has 0 spiro atoms. The van der Waals surface area contributed by atoms with Crippen molar-refractivity contribution in [2.45, 2.75) is 32.5 Å². The van der Waals surface area contributed by atoms with Crippen LogP contribution in [0.15, 0.2) is 54.6 Å². The van der Waals surface area contributed by atoms with Gasteiger partial charge in [0.15, 0.2) is 0 Å². The first kappa shape index (κ1) is 18.3. The highest BCUT2D eigenvalue weighted by Crippen LogP contribution is 2.37. The van der Waals surface area contributed by atoms with Gasteiger partial charge in [0.25, 0.3) is 0 Å². The first-order chi connectivity index (χ1) is 13.3. The molecule has 1 N–H and O–H groups in total. The lowest BCUT2D eigenvalue weighted by Crippen LogP contribution is -2.25. The molecule has 0 saturated heterocycles. The van der Waals surface area contributed by atoms with Gasteiger partial charge >= 0.3 is 6.18 Å². The van der Waals surface area contributed by atoms with E-state index in [1.807, 2.05) is 25.1 Å². The Bertz CT molecular complexity index is 999. The molecule has 0 radical (unpaired) electrons. The van der Waals surface area contributed by atoms with Crippen LogP contribution in [0.2, 0.25) is 0 Å². The summed E-state index contributed by atoms with van der Waals surface area (Å²) >= 11 is 0. The highest BCUT2D eigenvalue weighted by atomic mass is 19.4. The Morgan fingerprint density at radius 1 is 1.04 bits per heavy atom. The molecule has 0 fully saturated rings. The van der Waals surface area contributed by atoms with Gasteiger partial charge in [0.05, 0.1) is 5.56 Å². The van der Waals surface area contributed by atoms with Gasteiger partial charge in [-0.2, -0.15) is 18.2 Å². The number of fused-ring (bicyclic) bond motifs is 1. The number of hydrogen-bond acceptors (Lipinski definition) is 4. The van der Waals surface area contributed by atoms with E-state index >= 15 is 0 Å². The topological polar surface area (TPSA) is 41.1 Å². The minimum Gasteiger partial charge on any atom is -0.324 e. The van der Waals surface area contributed by atoms with E-state index in [1.165, 1.54) is 17.7 Å². The molecule has 7 heteroatoms. The van der Waals surface area contributed by atoms with Crippen molar-refractivity contribution < 1.29 is 13.2 Å². The second-order valence-corrected chi connectivity index (χ2v) is 6.94. The van der Waals surface area contributed by atoms with Gasteiger partial charge in [-0.05, 0) is 56.2 Å². The largest absolute Gasteiger partial charge is 0.416 e. The third-order valence-electron chi connectivity index (χ3n) is 4.76. The van der Waals surface area contributed by atoms with E-state index in [9.17, 15) is 13.2 Å². The fourth-order valence-electron chi connectivity index (χ4n) is 3.52. The highest BCUT2D eigenvalue weighted by molar-refractivity contribution is 5.70. The first-order valence-corrected chi connectivity index (χ1v) is 8.98. The van der Waals surface area contributed by atoms with Crippen molar-refractivity contribution in [3.05, 3.63) is 71.4 Å². The van der Waals surface area contributed by atoms with E-state index in [-0.39, 0.29) is 6.04 Å². The van der Waals surface area contributed by atoms with Crippen molar-refractivity contribution in [3.8, 4) is 0 Å². The quantitative estimate of drug-likeness (QED) is 0.635. The average molecular weight is 384 g/mol. The van der Waals surface area contributed by atoms with E-state index in [1.54, 1.807) is 0 Å². The van der Waals surface area contributed by atoms with Gasteiger partial charge in [-0.3, -0.25) is 0 Å². The molecule has 28 heavy (non-hydrogen) atoms. The van der Waals surface area contributed by atoms with Crippen molar-refractivity contribution in [3.63, 3.8) is 0 Å². The zero-order valence-electron chi connectivity index (χ0n) is 15.5. The Morgan fingerprint density at radius 3 is 2.46 bits per heavy atom. The molecule has 2 aromatic carbocycles. The molecule has 1 aromatic heterocycles. The molecule has 1 unspecified atom stereocenters. The molecule has 0 saturated carbocycles. The summed E-state index contributed by atoms with van der Waals surface area (Å²) in [4.78, 5) is 11.2. The molecule has 4 rings (SSSR count). The monoisotopic (exact) mass is 384 g/mol. The standard InChI is InChI=1S/C21H19F3N4/c1-13-11-19(28-14(2)12-15-5-3-4-6-18(15)28)27-20(25-13)26-17-9-7-16(8-10-17)21(22,23)24/h3-11,14H,12H2,1-2H3,(H,25,26,27). The van der Waals surface area contributed by atoms with E-state index in [4.69, 9.17) is 0 Å².